The molecule has 0 atom stereocenters. The number of hydrogen-bond donors (Lipinski definition) is 1. The Labute approximate surface area is 110 Å². The van der Waals surface area contributed by atoms with Gasteiger partial charge in [-0.1, -0.05) is 31.4 Å². The van der Waals surface area contributed by atoms with Gasteiger partial charge in [-0.2, -0.15) is 0 Å². The first-order chi connectivity index (χ1) is 8.72. The van der Waals surface area contributed by atoms with Crippen LogP contribution >= 0.6 is 0 Å². The Kier molecular flexibility index (Phi) is 4.65. The van der Waals surface area contributed by atoms with Crippen molar-refractivity contribution in [3.05, 3.63) is 28.8 Å². The van der Waals surface area contributed by atoms with E-state index in [1.165, 1.54) is 48.8 Å². The molecule has 0 spiro atoms. The quantitative estimate of drug-likeness (QED) is 0.880. The first-order valence-electron chi connectivity index (χ1n) is 7.07. The molecule has 1 aliphatic rings. The topological polar surface area (TPSA) is 29.5 Å². The summed E-state index contributed by atoms with van der Waals surface area (Å²) in [6.07, 6.45) is 6.79. The molecule has 1 aliphatic carbocycles. The van der Waals surface area contributed by atoms with Crippen molar-refractivity contribution >= 4 is 0 Å². The molecule has 0 unspecified atom stereocenters. The van der Waals surface area contributed by atoms with Gasteiger partial charge >= 0.3 is 0 Å². The van der Waals surface area contributed by atoms with Gasteiger partial charge in [-0.05, 0) is 49.3 Å². The maximum atomic E-state index is 8.84. The lowest BCUT2D eigenvalue weighted by molar-refractivity contribution is 0.200. The number of benzene rings is 1. The maximum absolute atomic E-state index is 8.84. The van der Waals surface area contributed by atoms with Crippen LogP contribution in [0.1, 0.15) is 54.7 Å². The smallest absolute Gasteiger partial charge is 0.125 e. The van der Waals surface area contributed by atoms with Crippen LogP contribution in [0.4, 0.5) is 0 Å². The minimum absolute atomic E-state index is 0.0727. The molecule has 100 valence electrons. The van der Waals surface area contributed by atoms with Gasteiger partial charge in [0.15, 0.2) is 0 Å². The van der Waals surface area contributed by atoms with Crippen LogP contribution in [0.2, 0.25) is 0 Å². The fraction of sp³-hybridized carbons (Fsp3) is 0.625. The van der Waals surface area contributed by atoms with Crippen LogP contribution in [0.3, 0.4) is 0 Å². The highest BCUT2D eigenvalue weighted by Crippen LogP contribution is 2.36. The van der Waals surface area contributed by atoms with E-state index in [4.69, 9.17) is 9.84 Å². The number of hydrogen-bond acceptors (Lipinski definition) is 2. The van der Waals surface area contributed by atoms with Crippen molar-refractivity contribution in [2.45, 2.75) is 51.9 Å². The minimum Gasteiger partial charge on any atom is -0.491 e. The van der Waals surface area contributed by atoms with Gasteiger partial charge in [-0.25, -0.2) is 0 Å². The van der Waals surface area contributed by atoms with Gasteiger partial charge in [0.2, 0.25) is 0 Å². The Balaban J connectivity index is 2.18. The van der Waals surface area contributed by atoms with Gasteiger partial charge in [0.1, 0.15) is 12.4 Å². The van der Waals surface area contributed by atoms with E-state index >= 15 is 0 Å². The second kappa shape index (κ2) is 6.24. The lowest BCUT2D eigenvalue weighted by Crippen LogP contribution is -2.08. The Morgan fingerprint density at radius 2 is 1.72 bits per heavy atom. The summed E-state index contributed by atoms with van der Waals surface area (Å²) in [6, 6.07) is 4.55. The molecule has 1 N–H and O–H groups in total. The highest BCUT2D eigenvalue weighted by molar-refractivity contribution is 5.44. The molecular formula is C16H24O2. The highest BCUT2D eigenvalue weighted by Gasteiger charge is 2.17. The molecule has 0 aliphatic heterocycles. The van der Waals surface area contributed by atoms with E-state index in [1.807, 2.05) is 0 Å². The molecule has 1 fully saturated rings. The van der Waals surface area contributed by atoms with Gasteiger partial charge in [-0.3, -0.25) is 0 Å². The summed E-state index contributed by atoms with van der Waals surface area (Å²) in [5.41, 5.74) is 3.87. The molecule has 1 aromatic rings. The monoisotopic (exact) mass is 248 g/mol. The summed E-state index contributed by atoms with van der Waals surface area (Å²) >= 11 is 0. The number of aliphatic hydroxyl groups is 1. The minimum atomic E-state index is 0.0727. The van der Waals surface area contributed by atoms with E-state index in [0.717, 1.165) is 11.7 Å². The number of aryl methyl sites for hydroxylation is 2. The predicted octanol–water partition coefficient (Wildman–Crippen LogP) is 3.72. The van der Waals surface area contributed by atoms with Crippen LogP contribution in [0, 0.1) is 13.8 Å². The average molecular weight is 248 g/mol. The van der Waals surface area contributed by atoms with Gasteiger partial charge in [0, 0.05) is 0 Å². The third-order valence-corrected chi connectivity index (χ3v) is 3.90. The summed E-state index contributed by atoms with van der Waals surface area (Å²) in [4.78, 5) is 0. The van der Waals surface area contributed by atoms with Crippen LogP contribution in [-0.4, -0.2) is 18.3 Å². The molecule has 18 heavy (non-hydrogen) atoms. The molecular weight excluding hydrogens is 224 g/mol. The van der Waals surface area contributed by atoms with E-state index in [-0.39, 0.29) is 6.61 Å². The normalized spacial score (nSPS) is 16.8. The Bertz CT molecular complexity index is 369. The number of aliphatic hydroxyl groups excluding tert-OH is 1. The third-order valence-electron chi connectivity index (χ3n) is 3.90. The van der Waals surface area contributed by atoms with Crippen molar-refractivity contribution in [1.82, 2.24) is 0 Å². The van der Waals surface area contributed by atoms with Gasteiger partial charge in [0.25, 0.3) is 0 Å². The van der Waals surface area contributed by atoms with E-state index in [2.05, 4.69) is 26.0 Å². The van der Waals surface area contributed by atoms with Gasteiger partial charge in [-0.15, -0.1) is 0 Å². The highest BCUT2D eigenvalue weighted by atomic mass is 16.5. The second-order valence-electron chi connectivity index (χ2n) is 5.39. The summed E-state index contributed by atoms with van der Waals surface area (Å²) in [7, 11) is 0. The van der Waals surface area contributed by atoms with E-state index < -0.39 is 0 Å². The van der Waals surface area contributed by atoms with Gasteiger partial charge < -0.3 is 9.84 Å². The zero-order chi connectivity index (χ0) is 13.0. The second-order valence-corrected chi connectivity index (χ2v) is 5.39. The number of ether oxygens (including phenoxy) is 1. The van der Waals surface area contributed by atoms with E-state index in [9.17, 15) is 0 Å². The summed E-state index contributed by atoms with van der Waals surface area (Å²) in [5.74, 6) is 1.69. The van der Waals surface area contributed by atoms with Crippen LogP contribution in [0.5, 0.6) is 5.75 Å². The van der Waals surface area contributed by atoms with Gasteiger partial charge in [0.05, 0.1) is 6.61 Å². The van der Waals surface area contributed by atoms with Crippen molar-refractivity contribution in [3.63, 3.8) is 0 Å². The first kappa shape index (κ1) is 13.4. The zero-order valence-electron chi connectivity index (χ0n) is 11.5. The molecule has 1 saturated carbocycles. The first-order valence-corrected chi connectivity index (χ1v) is 7.07. The van der Waals surface area contributed by atoms with Crippen molar-refractivity contribution in [1.29, 1.82) is 0 Å². The molecule has 2 rings (SSSR count). The predicted molar refractivity (Wildman–Crippen MR) is 74.3 cm³/mol. The maximum Gasteiger partial charge on any atom is 0.125 e. The summed E-state index contributed by atoms with van der Waals surface area (Å²) in [6.45, 7) is 4.66. The summed E-state index contributed by atoms with van der Waals surface area (Å²) in [5, 5.41) is 8.84. The van der Waals surface area contributed by atoms with Crippen LogP contribution in [0.15, 0.2) is 12.1 Å². The third kappa shape index (κ3) is 3.05. The van der Waals surface area contributed by atoms with Crippen molar-refractivity contribution in [2.24, 2.45) is 0 Å². The molecule has 0 amide bonds. The van der Waals surface area contributed by atoms with Crippen LogP contribution < -0.4 is 4.74 Å². The fourth-order valence-corrected chi connectivity index (χ4v) is 3.03. The van der Waals surface area contributed by atoms with Crippen LogP contribution in [0.25, 0.3) is 0 Å². The van der Waals surface area contributed by atoms with Crippen LogP contribution in [-0.2, 0) is 0 Å². The molecule has 0 bridgehead atoms. The average Bonchev–Trinajstić information content (AvgIpc) is 2.39. The lowest BCUT2D eigenvalue weighted by Gasteiger charge is -2.23. The zero-order valence-corrected chi connectivity index (χ0v) is 11.5. The van der Waals surface area contributed by atoms with Crippen molar-refractivity contribution in [2.75, 3.05) is 13.2 Å². The molecule has 2 nitrogen and oxygen atoms in total. The Morgan fingerprint density at radius 3 is 2.28 bits per heavy atom. The molecule has 2 heteroatoms. The Hall–Kier alpha value is -1.02. The molecule has 0 radical (unpaired) electrons. The molecule has 1 aromatic carbocycles. The molecule has 0 aromatic heterocycles. The SMILES string of the molecule is Cc1cc(C2CCCCC2)cc(C)c1OCCO. The molecule has 0 heterocycles. The van der Waals surface area contributed by atoms with Crippen molar-refractivity contribution in [3.8, 4) is 5.75 Å². The summed E-state index contributed by atoms with van der Waals surface area (Å²) < 4.78 is 5.61. The largest absolute Gasteiger partial charge is 0.491 e. The van der Waals surface area contributed by atoms with E-state index in [0.29, 0.717) is 6.61 Å². The van der Waals surface area contributed by atoms with Crippen molar-refractivity contribution < 1.29 is 9.84 Å². The standard InChI is InChI=1S/C16H24O2/c1-12-10-15(14-6-4-3-5-7-14)11-13(2)16(12)18-9-8-17/h10-11,14,17H,3-9H2,1-2H3. The lowest BCUT2D eigenvalue weighted by atomic mass is 9.83. The van der Waals surface area contributed by atoms with E-state index in [1.54, 1.807) is 0 Å². The fourth-order valence-electron chi connectivity index (χ4n) is 3.03. The number of rotatable bonds is 4. The Morgan fingerprint density at radius 1 is 1.11 bits per heavy atom. The molecule has 0 saturated heterocycles.